The summed E-state index contributed by atoms with van der Waals surface area (Å²) < 4.78 is 86.3. The van der Waals surface area contributed by atoms with Crippen LogP contribution in [0.1, 0.15) is 67.3 Å². The number of alkyl carbamates (subject to hydrolysis) is 1. The molecular formula is C58H52ClF4N11O10S. The number of hydrogen-bond acceptors (Lipinski definition) is 19. The zero-order chi connectivity index (χ0) is 60.1. The van der Waals surface area contributed by atoms with E-state index in [1.807, 2.05) is 15.9 Å². The number of carbonyl (C=O) groups excluding carboxylic acids is 4. The molecule has 5 aliphatic heterocycles. The van der Waals surface area contributed by atoms with Crippen molar-refractivity contribution in [2.24, 2.45) is 0 Å². The predicted octanol–water partition coefficient (Wildman–Crippen LogP) is 7.03. The molecule has 0 saturated carbocycles. The van der Waals surface area contributed by atoms with E-state index < -0.39 is 96.7 Å². The maximum absolute atomic E-state index is 17.5. The number of piperazine rings is 1. The second kappa shape index (κ2) is 21.5. The molecule has 21 nitrogen and oxygen atoms in total. The minimum atomic E-state index is -2.16. The van der Waals surface area contributed by atoms with Crippen LogP contribution in [-0.4, -0.2) is 129 Å². The number of esters is 2. The molecule has 0 bridgehead atoms. The van der Waals surface area contributed by atoms with Crippen molar-refractivity contribution in [3.63, 3.8) is 0 Å². The second-order valence-corrected chi connectivity index (χ2v) is 23.2. The summed E-state index contributed by atoms with van der Waals surface area (Å²) in [6.07, 6.45) is -0.673. The second-order valence-electron chi connectivity index (χ2n) is 21.7. The molecule has 4 unspecified atom stereocenters. The van der Waals surface area contributed by atoms with E-state index in [0.29, 0.717) is 29.5 Å². The van der Waals surface area contributed by atoms with Crippen LogP contribution in [0, 0.1) is 28.8 Å². The van der Waals surface area contributed by atoms with Crippen molar-refractivity contribution >= 4 is 95.3 Å². The number of amides is 2. The number of halogens is 5. The molecule has 0 spiro atoms. The number of cyclic esters (lactones) is 1. The van der Waals surface area contributed by atoms with Gasteiger partial charge in [-0.05, 0) is 68.1 Å². The molecule has 5 aliphatic rings. The van der Waals surface area contributed by atoms with Crippen molar-refractivity contribution in [3.05, 3.63) is 109 Å². The van der Waals surface area contributed by atoms with Gasteiger partial charge in [0.1, 0.15) is 66.6 Å². The Hall–Kier alpha value is -8.64. The number of rotatable bonds is 13. The fourth-order valence-electron chi connectivity index (χ4n) is 12.7. The molecule has 6 N–H and O–H groups in total. The summed E-state index contributed by atoms with van der Waals surface area (Å²) in [6, 6.07) is 9.12. The topological polar surface area (TPSA) is 284 Å². The molecule has 3 fully saturated rings. The highest BCUT2D eigenvalue weighted by molar-refractivity contribution is 7.23. The number of benzene rings is 3. The van der Waals surface area contributed by atoms with E-state index in [1.54, 1.807) is 6.92 Å². The molecule has 4 atom stereocenters. The number of nitrogens with zero attached hydrogens (tertiary/aromatic N) is 8. The van der Waals surface area contributed by atoms with Crippen LogP contribution in [0.25, 0.3) is 54.4 Å². The van der Waals surface area contributed by atoms with E-state index in [4.69, 9.17) is 47.0 Å². The number of aliphatic hydroxyl groups is 1. The van der Waals surface area contributed by atoms with Crippen LogP contribution in [0.2, 0.25) is 5.02 Å². The number of nitrogens with two attached hydrogens (primary N) is 2. The summed E-state index contributed by atoms with van der Waals surface area (Å²) in [5.41, 5.74) is 9.45. The summed E-state index contributed by atoms with van der Waals surface area (Å²) in [5.74, 6) is -4.80. The Bertz CT molecular complexity index is 4200. The fraction of sp³-hybridized carbons (Fsp3) is 0.362. The van der Waals surface area contributed by atoms with Gasteiger partial charge in [-0.25, -0.2) is 32.1 Å². The summed E-state index contributed by atoms with van der Waals surface area (Å²) in [6.45, 7) is 5.96. The van der Waals surface area contributed by atoms with E-state index >= 15 is 8.78 Å². The van der Waals surface area contributed by atoms with E-state index in [2.05, 4.69) is 21.9 Å². The maximum atomic E-state index is 17.5. The first kappa shape index (κ1) is 56.8. The standard InChI is InChI=1S/C58H52ClF4N11O10S/c1-4-58(36-14-42-47-33(21-74(42)53(78)35(36)24-81-54(58)79)34(22-75)30-13-40(65)39(62)15-41(30)68-47)84-43(76)18-67-56(80)82-23-26(2)52(77)71-10-11-73(27(3)19-71)51-31-12-37(59)45(29-6-7-38(61)49-44(29)32(17-64)50(66)85-49)46(63)48(31)69-55(70-51)83-25-57-8-5-9-72(57)20-28(60)16-57/h6-7,12-15,27-28,75H,2,4-5,8-11,16,18-25,65-66H2,1,3H3,(H,67,80). The van der Waals surface area contributed by atoms with Crippen molar-refractivity contribution < 1.29 is 60.8 Å². The van der Waals surface area contributed by atoms with Crippen LogP contribution >= 0.6 is 22.9 Å². The first-order valence-electron chi connectivity index (χ1n) is 27.1. The van der Waals surface area contributed by atoms with E-state index in [-0.39, 0.29) is 151 Å². The number of nitrogen functional groups attached to an aromatic ring is 2. The molecular weight excluding hydrogens is 1150 g/mol. The normalized spacial score (nSPS) is 20.7. The third kappa shape index (κ3) is 9.34. The zero-order valence-electron chi connectivity index (χ0n) is 45.6. The van der Waals surface area contributed by atoms with Crippen LogP contribution in [0.3, 0.4) is 0 Å². The van der Waals surface area contributed by atoms with Crippen molar-refractivity contribution in [1.82, 2.24) is 34.6 Å². The minimum Gasteiger partial charge on any atom is -0.461 e. The number of hydrogen-bond donors (Lipinski definition) is 4. The average Bonchev–Trinajstić information content (AvgIpc) is 2.45. The number of fused-ring (bicyclic) bond motifs is 8. The molecule has 3 aromatic carbocycles. The average molecular weight is 1210 g/mol. The number of aliphatic hydroxyl groups excluding tert-OH is 1. The predicted molar refractivity (Wildman–Crippen MR) is 304 cm³/mol. The van der Waals surface area contributed by atoms with Crippen LogP contribution in [0.5, 0.6) is 6.01 Å². The Morgan fingerprint density at radius 1 is 1.05 bits per heavy atom. The van der Waals surface area contributed by atoms with Crippen LogP contribution in [0.15, 0.2) is 53.3 Å². The number of thiophene rings is 1. The number of alkyl halides is 1. The number of aromatic nitrogens is 4. The van der Waals surface area contributed by atoms with E-state index in [9.17, 15) is 43.1 Å². The zero-order valence-corrected chi connectivity index (χ0v) is 47.2. The lowest BCUT2D eigenvalue weighted by Crippen LogP contribution is -2.54. The highest BCUT2D eigenvalue weighted by Gasteiger charge is 2.52. The Kier molecular flexibility index (Phi) is 14.3. The number of carbonyl (C=O) groups is 4. The quantitative estimate of drug-likeness (QED) is 0.0296. The number of nitriles is 1. The fourth-order valence-corrected chi connectivity index (χ4v) is 13.9. The summed E-state index contributed by atoms with van der Waals surface area (Å²) >= 11 is 7.80. The molecule has 4 aromatic heterocycles. The number of pyridine rings is 2. The van der Waals surface area contributed by atoms with Crippen molar-refractivity contribution in [2.45, 2.75) is 82.6 Å². The number of anilines is 3. The largest absolute Gasteiger partial charge is 0.461 e. The third-order valence-electron chi connectivity index (χ3n) is 16.9. The molecule has 12 rings (SSSR count). The van der Waals surface area contributed by atoms with Gasteiger partial charge in [0.25, 0.3) is 11.5 Å². The van der Waals surface area contributed by atoms with Gasteiger partial charge in [-0.15, -0.1) is 11.3 Å². The van der Waals surface area contributed by atoms with Gasteiger partial charge in [-0.1, -0.05) is 31.2 Å². The SMILES string of the molecule is C=C(COC(=O)NCC(=O)OC1(CC)C(=O)OCc2c1cc1n(c2=O)Cc2c-1nc1cc(F)c(N)cc1c2CO)C(=O)N1CCN(c2nc(OCC34CCCN3CC(F)C4)nc3c(F)c(-c4ccc(F)c5sc(N)c(C#N)c45)c(Cl)cc23)C(C)C1. The van der Waals surface area contributed by atoms with Crippen molar-refractivity contribution in [1.29, 1.82) is 5.26 Å². The molecule has 2 amide bonds. The first-order chi connectivity index (χ1) is 40.7. The summed E-state index contributed by atoms with van der Waals surface area (Å²) in [7, 11) is 0. The molecule has 0 aliphatic carbocycles. The van der Waals surface area contributed by atoms with Gasteiger partial charge in [0, 0.05) is 83.1 Å². The number of nitrogens with one attached hydrogen (secondary N) is 1. The lowest BCUT2D eigenvalue weighted by Gasteiger charge is -2.41. The smallest absolute Gasteiger partial charge is 0.407 e. The molecule has 7 aromatic rings. The van der Waals surface area contributed by atoms with Gasteiger partial charge >= 0.3 is 24.0 Å². The van der Waals surface area contributed by atoms with Gasteiger partial charge in [0.15, 0.2) is 5.82 Å². The van der Waals surface area contributed by atoms with E-state index in [1.165, 1.54) is 40.7 Å². The Morgan fingerprint density at radius 2 is 1.85 bits per heavy atom. The van der Waals surface area contributed by atoms with Crippen LogP contribution < -0.4 is 32.0 Å². The molecule has 440 valence electrons. The lowest BCUT2D eigenvalue weighted by atomic mass is 9.85. The Labute approximate surface area is 489 Å². The van der Waals surface area contributed by atoms with Crippen molar-refractivity contribution in [2.75, 3.05) is 68.8 Å². The van der Waals surface area contributed by atoms with Gasteiger partial charge in [-0.2, -0.15) is 15.2 Å². The first-order valence-corrected chi connectivity index (χ1v) is 28.3. The maximum Gasteiger partial charge on any atom is 0.407 e. The molecule has 9 heterocycles. The summed E-state index contributed by atoms with van der Waals surface area (Å²) in [5, 5.41) is 23.3. The molecule has 27 heteroatoms. The van der Waals surface area contributed by atoms with Crippen molar-refractivity contribution in [3.8, 4) is 34.6 Å². The minimum absolute atomic E-state index is 0.0143. The third-order valence-corrected chi connectivity index (χ3v) is 18.2. The van der Waals surface area contributed by atoms with Gasteiger partial charge < -0.3 is 55.2 Å². The lowest BCUT2D eigenvalue weighted by molar-refractivity contribution is -0.188. The highest BCUT2D eigenvalue weighted by atomic mass is 35.5. The van der Waals surface area contributed by atoms with Gasteiger partial charge in [0.2, 0.25) is 5.60 Å². The Balaban J connectivity index is 0.730. The van der Waals surface area contributed by atoms with Crippen LogP contribution in [0.4, 0.5) is 38.9 Å². The molecule has 85 heavy (non-hydrogen) atoms. The monoisotopic (exact) mass is 1210 g/mol. The molecule has 0 radical (unpaired) electrons. The van der Waals surface area contributed by atoms with E-state index in [0.717, 1.165) is 29.9 Å². The van der Waals surface area contributed by atoms with Gasteiger partial charge in [0.05, 0.1) is 62.1 Å². The Morgan fingerprint density at radius 3 is 2.60 bits per heavy atom. The molecule has 3 saturated heterocycles. The number of ether oxygens (including phenoxy) is 4. The highest BCUT2D eigenvalue weighted by Crippen LogP contribution is 2.48. The van der Waals surface area contributed by atoms with Crippen LogP contribution in [-0.2, 0) is 54.0 Å². The summed E-state index contributed by atoms with van der Waals surface area (Å²) in [4.78, 5) is 87.6. The van der Waals surface area contributed by atoms with Gasteiger partial charge in [-0.3, -0.25) is 19.3 Å².